The second-order valence-electron chi connectivity index (χ2n) is 6.43. The summed E-state index contributed by atoms with van der Waals surface area (Å²) in [7, 11) is 0. The summed E-state index contributed by atoms with van der Waals surface area (Å²) in [5.74, 6) is 0.910. The maximum atomic E-state index is 3.87. The standard InChI is InChI=1S/C16H23N/c1-12-8-9-15-16(2,10-12)11-14(17-15)13-6-4-3-5-7-13/h3-7,12,14-15,17H,8-11H2,1-2H3. The van der Waals surface area contributed by atoms with Crippen LogP contribution in [0.2, 0.25) is 0 Å². The molecule has 0 aromatic heterocycles. The van der Waals surface area contributed by atoms with Gasteiger partial charge in [0.05, 0.1) is 0 Å². The van der Waals surface area contributed by atoms with E-state index in [1.807, 2.05) is 0 Å². The maximum Gasteiger partial charge on any atom is 0.0328 e. The van der Waals surface area contributed by atoms with E-state index < -0.39 is 0 Å². The van der Waals surface area contributed by atoms with Gasteiger partial charge in [-0.3, -0.25) is 0 Å². The normalized spacial score (nSPS) is 41.2. The Kier molecular flexibility index (Phi) is 2.74. The topological polar surface area (TPSA) is 12.0 Å². The first-order valence-corrected chi connectivity index (χ1v) is 6.98. The molecule has 1 heterocycles. The Morgan fingerprint density at radius 3 is 2.65 bits per heavy atom. The van der Waals surface area contributed by atoms with Crippen molar-refractivity contribution >= 4 is 0 Å². The SMILES string of the molecule is CC1CCC2NC(c3ccccc3)CC2(C)C1. The van der Waals surface area contributed by atoms with E-state index in [9.17, 15) is 0 Å². The Hall–Kier alpha value is -0.820. The van der Waals surface area contributed by atoms with E-state index in [2.05, 4.69) is 49.5 Å². The molecule has 0 amide bonds. The van der Waals surface area contributed by atoms with Gasteiger partial charge in [0.2, 0.25) is 0 Å². The molecule has 1 aliphatic heterocycles. The van der Waals surface area contributed by atoms with Gasteiger partial charge in [-0.25, -0.2) is 0 Å². The van der Waals surface area contributed by atoms with Crippen molar-refractivity contribution in [2.75, 3.05) is 0 Å². The summed E-state index contributed by atoms with van der Waals surface area (Å²) in [4.78, 5) is 0. The molecule has 1 N–H and O–H groups in total. The zero-order chi connectivity index (χ0) is 11.9. The van der Waals surface area contributed by atoms with Gasteiger partial charge in [0.1, 0.15) is 0 Å². The lowest BCUT2D eigenvalue weighted by Crippen LogP contribution is -2.39. The highest BCUT2D eigenvalue weighted by atomic mass is 15.0. The fourth-order valence-corrected chi connectivity index (χ4v) is 4.02. The van der Waals surface area contributed by atoms with Crippen LogP contribution in [0.4, 0.5) is 0 Å². The first kappa shape index (κ1) is 11.3. The van der Waals surface area contributed by atoms with E-state index in [0.29, 0.717) is 11.5 Å². The molecule has 3 rings (SSSR count). The molecule has 17 heavy (non-hydrogen) atoms. The van der Waals surface area contributed by atoms with Crippen LogP contribution in [0, 0.1) is 11.3 Å². The lowest BCUT2D eigenvalue weighted by molar-refractivity contribution is 0.153. The Bertz CT molecular complexity index is 386. The molecule has 4 atom stereocenters. The molecule has 0 radical (unpaired) electrons. The summed E-state index contributed by atoms with van der Waals surface area (Å²) >= 11 is 0. The Balaban J connectivity index is 1.80. The molecule has 1 aliphatic carbocycles. The minimum absolute atomic E-state index is 0.526. The summed E-state index contributed by atoms with van der Waals surface area (Å²) in [6, 6.07) is 12.3. The van der Waals surface area contributed by atoms with Gasteiger partial charge in [-0.15, -0.1) is 0 Å². The zero-order valence-electron chi connectivity index (χ0n) is 10.9. The van der Waals surface area contributed by atoms with Crippen LogP contribution in [-0.2, 0) is 0 Å². The van der Waals surface area contributed by atoms with E-state index in [1.54, 1.807) is 0 Å². The molecule has 4 unspecified atom stereocenters. The second-order valence-corrected chi connectivity index (χ2v) is 6.43. The van der Waals surface area contributed by atoms with Crippen molar-refractivity contribution in [3.63, 3.8) is 0 Å². The summed E-state index contributed by atoms with van der Waals surface area (Å²) in [5, 5.41) is 3.87. The summed E-state index contributed by atoms with van der Waals surface area (Å²) < 4.78 is 0. The van der Waals surface area contributed by atoms with Gasteiger partial charge in [0.15, 0.2) is 0 Å². The minimum atomic E-state index is 0.526. The maximum absolute atomic E-state index is 3.87. The third-order valence-electron chi connectivity index (χ3n) is 4.88. The predicted octanol–water partition coefficient (Wildman–Crippen LogP) is 3.92. The lowest BCUT2D eigenvalue weighted by atomic mass is 9.68. The van der Waals surface area contributed by atoms with Crippen LogP contribution in [0.3, 0.4) is 0 Å². The number of rotatable bonds is 1. The quantitative estimate of drug-likeness (QED) is 0.769. The molecule has 2 aliphatic rings. The van der Waals surface area contributed by atoms with Crippen molar-refractivity contribution < 1.29 is 0 Å². The van der Waals surface area contributed by atoms with Gasteiger partial charge in [0.25, 0.3) is 0 Å². The molecular weight excluding hydrogens is 206 g/mol. The smallest absolute Gasteiger partial charge is 0.0328 e. The van der Waals surface area contributed by atoms with Gasteiger partial charge in [-0.1, -0.05) is 44.2 Å². The van der Waals surface area contributed by atoms with E-state index in [4.69, 9.17) is 0 Å². The molecule has 1 aromatic rings. The van der Waals surface area contributed by atoms with Crippen LogP contribution in [0.25, 0.3) is 0 Å². The third-order valence-corrected chi connectivity index (χ3v) is 4.88. The monoisotopic (exact) mass is 229 g/mol. The number of fused-ring (bicyclic) bond motifs is 1. The molecule has 0 spiro atoms. The molecule has 92 valence electrons. The van der Waals surface area contributed by atoms with Crippen molar-refractivity contribution in [2.45, 2.75) is 51.6 Å². The predicted molar refractivity (Wildman–Crippen MR) is 71.8 cm³/mol. The molecular formula is C16H23N. The van der Waals surface area contributed by atoms with E-state index >= 15 is 0 Å². The van der Waals surface area contributed by atoms with Crippen molar-refractivity contribution in [3.8, 4) is 0 Å². The number of nitrogens with one attached hydrogen (secondary N) is 1. The Morgan fingerprint density at radius 2 is 1.88 bits per heavy atom. The molecule has 1 saturated carbocycles. The lowest BCUT2D eigenvalue weighted by Gasteiger charge is -2.38. The Morgan fingerprint density at radius 1 is 1.12 bits per heavy atom. The molecule has 1 nitrogen and oxygen atoms in total. The fourth-order valence-electron chi connectivity index (χ4n) is 4.02. The molecule has 1 aromatic carbocycles. The fraction of sp³-hybridized carbons (Fsp3) is 0.625. The van der Waals surface area contributed by atoms with E-state index in [-0.39, 0.29) is 0 Å². The highest BCUT2D eigenvalue weighted by molar-refractivity contribution is 5.22. The van der Waals surface area contributed by atoms with Crippen molar-refractivity contribution in [1.29, 1.82) is 0 Å². The number of benzene rings is 1. The Labute approximate surface area is 105 Å². The van der Waals surface area contributed by atoms with Crippen molar-refractivity contribution in [3.05, 3.63) is 35.9 Å². The van der Waals surface area contributed by atoms with Crippen LogP contribution in [0.5, 0.6) is 0 Å². The minimum Gasteiger partial charge on any atom is -0.307 e. The summed E-state index contributed by atoms with van der Waals surface area (Å²) in [5.41, 5.74) is 1.99. The number of hydrogen-bond acceptors (Lipinski definition) is 1. The molecule has 2 fully saturated rings. The van der Waals surface area contributed by atoms with Gasteiger partial charge >= 0.3 is 0 Å². The first-order valence-electron chi connectivity index (χ1n) is 6.98. The number of hydrogen-bond donors (Lipinski definition) is 1. The zero-order valence-corrected chi connectivity index (χ0v) is 10.9. The molecule has 0 bridgehead atoms. The van der Waals surface area contributed by atoms with Crippen LogP contribution < -0.4 is 5.32 Å². The molecule has 1 saturated heterocycles. The van der Waals surface area contributed by atoms with Crippen molar-refractivity contribution in [1.82, 2.24) is 5.32 Å². The average Bonchev–Trinajstić information content (AvgIpc) is 2.66. The molecule has 1 heteroatoms. The van der Waals surface area contributed by atoms with Crippen LogP contribution >= 0.6 is 0 Å². The van der Waals surface area contributed by atoms with Crippen LogP contribution in [-0.4, -0.2) is 6.04 Å². The van der Waals surface area contributed by atoms with Gasteiger partial charge in [-0.2, -0.15) is 0 Å². The highest BCUT2D eigenvalue weighted by Gasteiger charge is 2.46. The summed E-state index contributed by atoms with van der Waals surface area (Å²) in [6.45, 7) is 4.90. The third kappa shape index (κ3) is 2.01. The first-order chi connectivity index (χ1) is 8.17. The van der Waals surface area contributed by atoms with Gasteiger partial charge in [-0.05, 0) is 42.6 Å². The second kappa shape index (κ2) is 4.13. The average molecular weight is 229 g/mol. The largest absolute Gasteiger partial charge is 0.307 e. The van der Waals surface area contributed by atoms with E-state index in [0.717, 1.165) is 12.0 Å². The van der Waals surface area contributed by atoms with E-state index in [1.165, 1.54) is 31.2 Å². The van der Waals surface area contributed by atoms with Gasteiger partial charge < -0.3 is 5.32 Å². The van der Waals surface area contributed by atoms with Gasteiger partial charge in [0, 0.05) is 12.1 Å². The van der Waals surface area contributed by atoms with Crippen LogP contribution in [0.1, 0.15) is 51.1 Å². The van der Waals surface area contributed by atoms with Crippen LogP contribution in [0.15, 0.2) is 30.3 Å². The van der Waals surface area contributed by atoms with Crippen molar-refractivity contribution in [2.24, 2.45) is 11.3 Å². The highest BCUT2D eigenvalue weighted by Crippen LogP contribution is 2.49. The summed E-state index contributed by atoms with van der Waals surface area (Å²) in [6.07, 6.45) is 5.47.